The number of nitrogens with one attached hydrogen (secondary N) is 1. The number of amides is 1. The molecule has 0 aliphatic carbocycles. The number of hydrogen-bond acceptors (Lipinski definition) is 5. The number of methoxy groups -OCH3 is 1. The third-order valence-corrected chi connectivity index (χ3v) is 3.71. The summed E-state index contributed by atoms with van der Waals surface area (Å²) in [6.07, 6.45) is 0.0436. The number of esters is 1. The number of ether oxygens (including phenoxy) is 1. The minimum Gasteiger partial charge on any atom is -0.466 e. The van der Waals surface area contributed by atoms with Gasteiger partial charge in [-0.3, -0.25) is 14.9 Å². The van der Waals surface area contributed by atoms with Gasteiger partial charge in [-0.1, -0.05) is 12.1 Å². The molecule has 0 aromatic heterocycles. The Morgan fingerprint density at radius 2 is 2.09 bits per heavy atom. The molecule has 1 atom stereocenters. The minimum atomic E-state index is -0.555. The topological polar surface area (TPSA) is 98.5 Å². The van der Waals surface area contributed by atoms with Crippen molar-refractivity contribution < 1.29 is 19.2 Å². The summed E-state index contributed by atoms with van der Waals surface area (Å²) in [5.41, 5.74) is 1.77. The van der Waals surface area contributed by atoms with Gasteiger partial charge in [-0.15, -0.1) is 0 Å². The predicted molar refractivity (Wildman–Crippen MR) is 78.1 cm³/mol. The standard InChI is InChI=1S/C15H16N2O5/c1-8-4-5-10(6-12(8)17(20)21)11-7-13(18)16-9(2)14(11)15(19)22-3/h4-6,11H,7H2,1-3H3,(H,16,18)/t11-/m1/s1. The third kappa shape index (κ3) is 2.83. The number of carbonyl (C=O) groups is 2. The van der Waals surface area contributed by atoms with Gasteiger partial charge in [-0.05, 0) is 19.4 Å². The first-order valence-corrected chi connectivity index (χ1v) is 6.69. The molecule has 0 spiro atoms. The largest absolute Gasteiger partial charge is 0.466 e. The summed E-state index contributed by atoms with van der Waals surface area (Å²) in [5.74, 6) is -1.34. The number of hydrogen-bond donors (Lipinski definition) is 1. The van der Waals surface area contributed by atoms with Gasteiger partial charge in [-0.2, -0.15) is 0 Å². The lowest BCUT2D eigenvalue weighted by Crippen LogP contribution is -2.34. The van der Waals surface area contributed by atoms with E-state index < -0.39 is 16.8 Å². The van der Waals surface area contributed by atoms with Crippen LogP contribution in [-0.4, -0.2) is 23.9 Å². The summed E-state index contributed by atoms with van der Waals surface area (Å²) in [7, 11) is 1.26. The Labute approximate surface area is 127 Å². The van der Waals surface area contributed by atoms with Gasteiger partial charge in [0.1, 0.15) is 0 Å². The monoisotopic (exact) mass is 304 g/mol. The van der Waals surface area contributed by atoms with Crippen molar-refractivity contribution in [1.29, 1.82) is 0 Å². The molecule has 7 heteroatoms. The highest BCUT2D eigenvalue weighted by atomic mass is 16.6. The van der Waals surface area contributed by atoms with Gasteiger partial charge >= 0.3 is 5.97 Å². The number of benzene rings is 1. The third-order valence-electron chi connectivity index (χ3n) is 3.71. The van der Waals surface area contributed by atoms with Gasteiger partial charge in [0.25, 0.3) is 5.69 Å². The summed E-state index contributed by atoms with van der Waals surface area (Å²) in [6.45, 7) is 3.25. The predicted octanol–water partition coefficient (Wildman–Crippen LogP) is 1.95. The molecule has 1 N–H and O–H groups in total. The van der Waals surface area contributed by atoms with E-state index in [9.17, 15) is 19.7 Å². The maximum atomic E-state index is 12.0. The number of allylic oxidation sites excluding steroid dienone is 1. The summed E-state index contributed by atoms with van der Waals surface area (Å²) in [5, 5.41) is 13.7. The molecule has 0 radical (unpaired) electrons. The van der Waals surface area contributed by atoms with Gasteiger partial charge in [0.05, 0.1) is 17.6 Å². The second-order valence-corrected chi connectivity index (χ2v) is 5.14. The van der Waals surface area contributed by atoms with E-state index in [-0.39, 0.29) is 18.0 Å². The normalized spacial score (nSPS) is 18.0. The van der Waals surface area contributed by atoms with E-state index in [0.29, 0.717) is 22.4 Å². The lowest BCUT2D eigenvalue weighted by molar-refractivity contribution is -0.385. The van der Waals surface area contributed by atoms with Crippen molar-refractivity contribution in [3.05, 3.63) is 50.7 Å². The smallest absolute Gasteiger partial charge is 0.336 e. The van der Waals surface area contributed by atoms with Crippen LogP contribution in [0.1, 0.15) is 30.4 Å². The molecule has 1 aliphatic heterocycles. The van der Waals surface area contributed by atoms with Gasteiger partial charge in [0.15, 0.2) is 0 Å². The fourth-order valence-corrected chi connectivity index (χ4v) is 2.61. The van der Waals surface area contributed by atoms with E-state index in [0.717, 1.165) is 0 Å². The van der Waals surface area contributed by atoms with Crippen LogP contribution in [0.5, 0.6) is 0 Å². The molecule has 0 fully saturated rings. The average molecular weight is 304 g/mol. The fraction of sp³-hybridized carbons (Fsp3) is 0.333. The van der Waals surface area contributed by atoms with Crippen LogP contribution in [0.4, 0.5) is 5.69 Å². The van der Waals surface area contributed by atoms with Crippen molar-refractivity contribution in [3.63, 3.8) is 0 Å². The second-order valence-electron chi connectivity index (χ2n) is 5.14. The molecule has 0 saturated carbocycles. The van der Waals surface area contributed by atoms with Crippen LogP contribution in [-0.2, 0) is 14.3 Å². The molecule has 116 valence electrons. The zero-order chi connectivity index (χ0) is 16.4. The molecular weight excluding hydrogens is 288 g/mol. The van der Waals surface area contributed by atoms with Crippen molar-refractivity contribution in [2.45, 2.75) is 26.2 Å². The quantitative estimate of drug-likeness (QED) is 0.523. The Morgan fingerprint density at radius 3 is 2.68 bits per heavy atom. The van der Waals surface area contributed by atoms with Gasteiger partial charge in [0, 0.05) is 29.7 Å². The zero-order valence-corrected chi connectivity index (χ0v) is 12.5. The molecular formula is C15H16N2O5. The van der Waals surface area contributed by atoms with Crippen LogP contribution in [0.3, 0.4) is 0 Å². The summed E-state index contributed by atoms with van der Waals surface area (Å²) in [4.78, 5) is 34.4. The first kappa shape index (κ1) is 15.7. The average Bonchev–Trinajstić information content (AvgIpc) is 2.46. The summed E-state index contributed by atoms with van der Waals surface area (Å²) in [6, 6.07) is 4.72. The summed E-state index contributed by atoms with van der Waals surface area (Å²) >= 11 is 0. The van der Waals surface area contributed by atoms with E-state index >= 15 is 0 Å². The molecule has 2 rings (SSSR count). The van der Waals surface area contributed by atoms with Crippen LogP contribution in [0.2, 0.25) is 0 Å². The van der Waals surface area contributed by atoms with E-state index in [1.54, 1.807) is 26.0 Å². The van der Waals surface area contributed by atoms with Gasteiger partial charge in [0.2, 0.25) is 5.91 Å². The molecule has 22 heavy (non-hydrogen) atoms. The van der Waals surface area contributed by atoms with Crippen molar-refractivity contribution >= 4 is 17.6 Å². The van der Waals surface area contributed by atoms with Crippen LogP contribution in [0.25, 0.3) is 0 Å². The van der Waals surface area contributed by atoms with Gasteiger partial charge < -0.3 is 10.1 Å². The highest BCUT2D eigenvalue weighted by Crippen LogP contribution is 2.35. The Morgan fingerprint density at radius 1 is 1.41 bits per heavy atom. The Bertz CT molecular complexity index is 693. The number of carbonyl (C=O) groups excluding carboxylic acids is 2. The second kappa shape index (κ2) is 5.97. The number of rotatable bonds is 3. The first-order valence-electron chi connectivity index (χ1n) is 6.69. The maximum Gasteiger partial charge on any atom is 0.336 e. The fourth-order valence-electron chi connectivity index (χ4n) is 2.61. The molecule has 0 unspecified atom stereocenters. The highest BCUT2D eigenvalue weighted by molar-refractivity contribution is 5.95. The van der Waals surface area contributed by atoms with Crippen LogP contribution < -0.4 is 5.32 Å². The molecule has 0 saturated heterocycles. The number of nitro benzene ring substituents is 1. The molecule has 1 aliphatic rings. The van der Waals surface area contributed by atoms with Crippen LogP contribution >= 0.6 is 0 Å². The van der Waals surface area contributed by atoms with Crippen molar-refractivity contribution in [1.82, 2.24) is 5.32 Å². The SMILES string of the molecule is COC(=O)C1=C(C)NC(=O)C[C@@H]1c1ccc(C)c([N+](=O)[O-])c1. The first-order chi connectivity index (χ1) is 10.3. The molecule has 1 heterocycles. The maximum absolute atomic E-state index is 12.0. The van der Waals surface area contributed by atoms with Crippen molar-refractivity contribution in [2.24, 2.45) is 0 Å². The molecule has 1 aromatic carbocycles. The van der Waals surface area contributed by atoms with E-state index in [1.807, 2.05) is 0 Å². The molecule has 1 aromatic rings. The number of nitro groups is 1. The van der Waals surface area contributed by atoms with Crippen LogP contribution in [0.15, 0.2) is 29.5 Å². The molecule has 7 nitrogen and oxygen atoms in total. The van der Waals surface area contributed by atoms with E-state index in [1.165, 1.54) is 13.2 Å². The number of nitrogens with zero attached hydrogens (tertiary/aromatic N) is 1. The lowest BCUT2D eigenvalue weighted by Gasteiger charge is -2.26. The Balaban J connectivity index is 2.55. The lowest BCUT2D eigenvalue weighted by atomic mass is 9.84. The van der Waals surface area contributed by atoms with E-state index in [4.69, 9.17) is 4.74 Å². The van der Waals surface area contributed by atoms with Crippen molar-refractivity contribution in [2.75, 3.05) is 7.11 Å². The summed E-state index contributed by atoms with van der Waals surface area (Å²) < 4.78 is 4.77. The minimum absolute atomic E-state index is 0.0367. The Hall–Kier alpha value is -2.70. The Kier molecular flexibility index (Phi) is 4.25. The number of aryl methyl sites for hydroxylation is 1. The molecule has 0 bridgehead atoms. The van der Waals surface area contributed by atoms with E-state index in [2.05, 4.69) is 5.32 Å². The molecule has 1 amide bonds. The highest BCUT2D eigenvalue weighted by Gasteiger charge is 2.33. The van der Waals surface area contributed by atoms with Gasteiger partial charge in [-0.25, -0.2) is 4.79 Å². The van der Waals surface area contributed by atoms with Crippen molar-refractivity contribution in [3.8, 4) is 0 Å². The van der Waals surface area contributed by atoms with Crippen LogP contribution in [0, 0.1) is 17.0 Å². The zero-order valence-electron chi connectivity index (χ0n) is 12.5.